The van der Waals surface area contributed by atoms with Gasteiger partial charge in [-0.2, -0.15) is 0 Å². The Hall–Kier alpha value is -1.64. The summed E-state index contributed by atoms with van der Waals surface area (Å²) >= 11 is 6.75. The fourth-order valence-electron chi connectivity index (χ4n) is 1.53. The molecule has 21 heavy (non-hydrogen) atoms. The van der Waals surface area contributed by atoms with Crippen LogP contribution < -0.4 is 10.0 Å². The van der Waals surface area contributed by atoms with Crippen molar-refractivity contribution in [2.75, 3.05) is 16.3 Å². The molecule has 0 aliphatic heterocycles. The third kappa shape index (κ3) is 4.42. The number of hydrogen-bond donors (Lipinski definition) is 2. The van der Waals surface area contributed by atoms with Crippen LogP contribution in [0.2, 0.25) is 5.02 Å². The molecule has 1 heterocycles. The molecule has 0 saturated carbocycles. The van der Waals surface area contributed by atoms with E-state index < -0.39 is 10.0 Å². The van der Waals surface area contributed by atoms with E-state index in [-0.39, 0.29) is 11.0 Å². The summed E-state index contributed by atoms with van der Waals surface area (Å²) in [4.78, 5) is 16.5. The summed E-state index contributed by atoms with van der Waals surface area (Å²) in [6, 6.07) is 6.67. The van der Waals surface area contributed by atoms with Crippen LogP contribution >= 0.6 is 22.9 Å². The van der Waals surface area contributed by atoms with Crippen molar-refractivity contribution < 1.29 is 13.2 Å². The van der Waals surface area contributed by atoms with Gasteiger partial charge >= 0.3 is 0 Å². The van der Waals surface area contributed by atoms with Crippen LogP contribution in [0.5, 0.6) is 0 Å². The minimum Gasteiger partial charge on any atom is -0.321 e. The van der Waals surface area contributed by atoms with E-state index in [2.05, 4.69) is 15.0 Å². The Morgan fingerprint density at radius 3 is 2.48 bits per heavy atom. The minimum atomic E-state index is -3.42. The zero-order valence-electron chi connectivity index (χ0n) is 11.2. The largest absolute Gasteiger partial charge is 0.321 e. The first-order valence-electron chi connectivity index (χ1n) is 5.77. The summed E-state index contributed by atoms with van der Waals surface area (Å²) in [7, 11) is -3.42. The molecule has 2 N–H and O–H groups in total. The number of carbonyl (C=O) groups is 1. The second-order valence-electron chi connectivity index (χ2n) is 4.27. The van der Waals surface area contributed by atoms with Crippen LogP contribution in [0.1, 0.15) is 15.4 Å². The van der Waals surface area contributed by atoms with E-state index in [4.69, 9.17) is 11.6 Å². The van der Waals surface area contributed by atoms with E-state index in [0.29, 0.717) is 21.3 Å². The molecule has 1 aromatic carbocycles. The lowest BCUT2D eigenvalue weighted by atomic mass is 10.3. The van der Waals surface area contributed by atoms with E-state index in [1.807, 2.05) is 0 Å². The van der Waals surface area contributed by atoms with E-state index in [9.17, 15) is 13.2 Å². The molecular weight excluding hydrogens is 334 g/mol. The quantitative estimate of drug-likeness (QED) is 0.891. The number of halogens is 1. The first-order valence-corrected chi connectivity index (χ1v) is 8.85. The zero-order chi connectivity index (χ0) is 15.6. The molecule has 6 nitrogen and oxygen atoms in total. The molecule has 0 aliphatic rings. The van der Waals surface area contributed by atoms with Gasteiger partial charge in [0.15, 0.2) is 5.13 Å². The number of anilines is 2. The fourth-order valence-corrected chi connectivity index (χ4v) is 3.35. The second-order valence-corrected chi connectivity index (χ2v) is 7.45. The second kappa shape index (κ2) is 6.00. The summed E-state index contributed by atoms with van der Waals surface area (Å²) in [5, 5.41) is 3.43. The van der Waals surface area contributed by atoms with Crippen molar-refractivity contribution in [3.05, 3.63) is 39.9 Å². The van der Waals surface area contributed by atoms with E-state index in [1.165, 1.54) is 0 Å². The van der Waals surface area contributed by atoms with Gasteiger partial charge in [-0.1, -0.05) is 22.9 Å². The van der Waals surface area contributed by atoms with Crippen molar-refractivity contribution in [2.45, 2.75) is 6.92 Å². The maximum Gasteiger partial charge on any atom is 0.267 e. The van der Waals surface area contributed by atoms with Gasteiger partial charge in [0, 0.05) is 10.7 Å². The van der Waals surface area contributed by atoms with Gasteiger partial charge in [0.2, 0.25) is 10.0 Å². The molecule has 1 aromatic heterocycles. The third-order valence-corrected chi connectivity index (χ3v) is 4.39. The van der Waals surface area contributed by atoms with E-state index >= 15 is 0 Å². The number of rotatable bonds is 4. The predicted octanol–water partition coefficient (Wildman–Crippen LogP) is 2.73. The number of sulfonamides is 1. The average molecular weight is 346 g/mol. The first-order chi connectivity index (χ1) is 9.74. The highest BCUT2D eigenvalue weighted by Gasteiger charge is 2.17. The molecular formula is C12H12ClN3O3S2. The molecule has 0 radical (unpaired) electrons. The zero-order valence-corrected chi connectivity index (χ0v) is 13.6. The number of aromatic nitrogens is 1. The van der Waals surface area contributed by atoms with Gasteiger partial charge in [0.25, 0.3) is 5.91 Å². The molecule has 0 bridgehead atoms. The van der Waals surface area contributed by atoms with Crippen molar-refractivity contribution in [3.8, 4) is 0 Å². The summed E-state index contributed by atoms with van der Waals surface area (Å²) in [5.41, 5.74) is 1.05. The fraction of sp³-hybridized carbons (Fsp3) is 0.167. The Balaban J connectivity index is 2.17. The van der Waals surface area contributed by atoms with Gasteiger partial charge < -0.3 is 5.32 Å². The molecule has 9 heteroatoms. The Morgan fingerprint density at radius 1 is 1.29 bits per heavy atom. The number of aryl methyl sites for hydroxylation is 1. The molecule has 0 unspecified atom stereocenters. The number of amides is 1. The normalized spacial score (nSPS) is 11.2. The Kier molecular flexibility index (Phi) is 4.50. The van der Waals surface area contributed by atoms with Crippen molar-refractivity contribution in [2.24, 2.45) is 0 Å². The molecule has 2 aromatic rings. The lowest BCUT2D eigenvalue weighted by Crippen LogP contribution is -2.11. The number of nitrogens with one attached hydrogen (secondary N) is 2. The third-order valence-electron chi connectivity index (χ3n) is 2.38. The maximum absolute atomic E-state index is 12.1. The van der Waals surface area contributed by atoms with Crippen LogP contribution in [0.4, 0.5) is 10.8 Å². The molecule has 1 amide bonds. The van der Waals surface area contributed by atoms with Crippen LogP contribution in [0.3, 0.4) is 0 Å². The van der Waals surface area contributed by atoms with Crippen LogP contribution in [-0.4, -0.2) is 25.6 Å². The summed E-state index contributed by atoms with van der Waals surface area (Å²) in [6.45, 7) is 1.64. The van der Waals surface area contributed by atoms with Gasteiger partial charge in [-0.05, 0) is 31.2 Å². The number of benzene rings is 1. The standard InChI is InChI=1S/C12H12ClN3O3S2/c1-7-10(20-12(14-7)16-21(2,18)19)11(17)15-9-5-3-8(13)4-6-9/h3-6H,1-2H3,(H,14,16)(H,15,17). The van der Waals surface area contributed by atoms with Crippen LogP contribution in [-0.2, 0) is 10.0 Å². The van der Waals surface area contributed by atoms with Crippen LogP contribution in [0.25, 0.3) is 0 Å². The molecule has 0 aliphatic carbocycles. The van der Waals surface area contributed by atoms with Gasteiger partial charge in [-0.15, -0.1) is 0 Å². The van der Waals surface area contributed by atoms with Crippen molar-refractivity contribution in [1.29, 1.82) is 0 Å². The van der Waals surface area contributed by atoms with Gasteiger partial charge in [0.1, 0.15) is 4.88 Å². The smallest absolute Gasteiger partial charge is 0.267 e. The minimum absolute atomic E-state index is 0.163. The topological polar surface area (TPSA) is 88.2 Å². The maximum atomic E-state index is 12.1. The molecule has 112 valence electrons. The highest BCUT2D eigenvalue weighted by atomic mass is 35.5. The summed E-state index contributed by atoms with van der Waals surface area (Å²) in [6.07, 6.45) is 1.02. The molecule has 0 atom stereocenters. The molecule has 0 spiro atoms. The summed E-state index contributed by atoms with van der Waals surface area (Å²) < 4.78 is 24.6. The highest BCUT2D eigenvalue weighted by Crippen LogP contribution is 2.24. The molecule has 0 fully saturated rings. The highest BCUT2D eigenvalue weighted by molar-refractivity contribution is 7.92. The van der Waals surface area contributed by atoms with E-state index in [0.717, 1.165) is 17.6 Å². The number of hydrogen-bond acceptors (Lipinski definition) is 5. The van der Waals surface area contributed by atoms with Crippen molar-refractivity contribution in [1.82, 2.24) is 4.98 Å². The number of carbonyl (C=O) groups excluding carboxylic acids is 1. The molecule has 0 saturated heterocycles. The first kappa shape index (κ1) is 15.7. The Labute approximate surface area is 131 Å². The van der Waals surface area contributed by atoms with Crippen molar-refractivity contribution >= 4 is 49.7 Å². The van der Waals surface area contributed by atoms with Gasteiger partial charge in [-0.25, -0.2) is 13.4 Å². The SMILES string of the molecule is Cc1nc(NS(C)(=O)=O)sc1C(=O)Nc1ccc(Cl)cc1. The van der Waals surface area contributed by atoms with Crippen LogP contribution in [0.15, 0.2) is 24.3 Å². The Bertz CT molecular complexity index is 770. The lowest BCUT2D eigenvalue weighted by molar-refractivity contribution is 0.103. The van der Waals surface area contributed by atoms with Crippen LogP contribution in [0, 0.1) is 6.92 Å². The summed E-state index contributed by atoms with van der Waals surface area (Å²) in [5.74, 6) is -0.353. The Morgan fingerprint density at radius 2 is 1.90 bits per heavy atom. The monoisotopic (exact) mass is 345 g/mol. The predicted molar refractivity (Wildman–Crippen MR) is 84.7 cm³/mol. The average Bonchev–Trinajstić information content (AvgIpc) is 2.70. The number of nitrogens with zero attached hydrogens (tertiary/aromatic N) is 1. The van der Waals surface area contributed by atoms with Gasteiger partial charge in [-0.3, -0.25) is 9.52 Å². The van der Waals surface area contributed by atoms with E-state index in [1.54, 1.807) is 31.2 Å². The molecule has 2 rings (SSSR count). The lowest BCUT2D eigenvalue weighted by Gasteiger charge is -2.03. The van der Waals surface area contributed by atoms with Crippen molar-refractivity contribution in [3.63, 3.8) is 0 Å². The van der Waals surface area contributed by atoms with Gasteiger partial charge in [0.05, 0.1) is 11.9 Å². The number of thiazole rings is 1.